The van der Waals surface area contributed by atoms with Gasteiger partial charge >= 0.3 is 0 Å². The standard InChI is InChI=1S/C15H16ClNO/c1-2-3-11-4-7-13(8-5-11)18-15-9-6-12(16)10-14(15)17/h4-10H,2-3,17H2,1H3. The highest BCUT2D eigenvalue weighted by Gasteiger charge is 2.03. The average Bonchev–Trinajstić information content (AvgIpc) is 2.35. The Hall–Kier alpha value is -1.67. The topological polar surface area (TPSA) is 35.2 Å². The van der Waals surface area contributed by atoms with Gasteiger partial charge in [-0.15, -0.1) is 0 Å². The van der Waals surface area contributed by atoms with E-state index in [1.807, 2.05) is 12.1 Å². The number of ether oxygens (including phenoxy) is 1. The molecule has 0 aliphatic carbocycles. The van der Waals surface area contributed by atoms with Gasteiger partial charge in [-0.05, 0) is 42.3 Å². The van der Waals surface area contributed by atoms with Gasteiger partial charge in [0.15, 0.2) is 0 Å². The molecule has 0 bridgehead atoms. The Kier molecular flexibility index (Phi) is 4.11. The van der Waals surface area contributed by atoms with Gasteiger partial charge < -0.3 is 10.5 Å². The molecule has 0 heterocycles. The molecule has 2 aromatic carbocycles. The predicted octanol–water partition coefficient (Wildman–Crippen LogP) is 4.67. The molecule has 0 saturated carbocycles. The summed E-state index contributed by atoms with van der Waals surface area (Å²) in [5.74, 6) is 1.41. The van der Waals surface area contributed by atoms with Gasteiger partial charge in [-0.1, -0.05) is 37.1 Å². The average molecular weight is 262 g/mol. The largest absolute Gasteiger partial charge is 0.455 e. The third-order valence-electron chi connectivity index (χ3n) is 2.66. The molecule has 0 atom stereocenters. The van der Waals surface area contributed by atoms with Crippen LogP contribution in [0, 0.1) is 0 Å². The number of halogens is 1. The lowest BCUT2D eigenvalue weighted by Gasteiger charge is -2.09. The third-order valence-corrected chi connectivity index (χ3v) is 2.90. The van der Waals surface area contributed by atoms with E-state index in [1.54, 1.807) is 18.2 Å². The summed E-state index contributed by atoms with van der Waals surface area (Å²) >= 11 is 5.84. The van der Waals surface area contributed by atoms with Gasteiger partial charge in [0.25, 0.3) is 0 Å². The second-order valence-corrected chi connectivity index (χ2v) is 4.61. The van der Waals surface area contributed by atoms with Crippen LogP contribution in [0.2, 0.25) is 5.02 Å². The van der Waals surface area contributed by atoms with E-state index in [1.165, 1.54) is 5.56 Å². The van der Waals surface area contributed by atoms with Crippen molar-refractivity contribution in [2.24, 2.45) is 0 Å². The number of benzene rings is 2. The van der Waals surface area contributed by atoms with Gasteiger partial charge in [-0.3, -0.25) is 0 Å². The molecule has 0 aromatic heterocycles. The van der Waals surface area contributed by atoms with Gasteiger partial charge in [0, 0.05) is 5.02 Å². The van der Waals surface area contributed by atoms with Crippen molar-refractivity contribution in [3.8, 4) is 11.5 Å². The lowest BCUT2D eigenvalue weighted by Crippen LogP contribution is -1.92. The van der Waals surface area contributed by atoms with Crippen molar-refractivity contribution in [1.29, 1.82) is 0 Å². The fourth-order valence-electron chi connectivity index (χ4n) is 1.75. The number of rotatable bonds is 4. The maximum Gasteiger partial charge on any atom is 0.150 e. The molecule has 18 heavy (non-hydrogen) atoms. The smallest absolute Gasteiger partial charge is 0.150 e. The van der Waals surface area contributed by atoms with Crippen molar-refractivity contribution in [1.82, 2.24) is 0 Å². The van der Waals surface area contributed by atoms with Crippen LogP contribution in [0.4, 0.5) is 5.69 Å². The molecular formula is C15H16ClNO. The lowest BCUT2D eigenvalue weighted by atomic mass is 10.1. The highest BCUT2D eigenvalue weighted by molar-refractivity contribution is 6.30. The number of hydrogen-bond acceptors (Lipinski definition) is 2. The number of hydrogen-bond donors (Lipinski definition) is 1. The first kappa shape index (κ1) is 12.8. The molecule has 2 aromatic rings. The van der Waals surface area contributed by atoms with Crippen molar-refractivity contribution >= 4 is 17.3 Å². The maximum atomic E-state index is 5.84. The van der Waals surface area contributed by atoms with E-state index in [-0.39, 0.29) is 0 Å². The normalized spacial score (nSPS) is 10.3. The predicted molar refractivity (Wildman–Crippen MR) is 76.4 cm³/mol. The molecule has 94 valence electrons. The Bertz CT molecular complexity index is 523. The minimum absolute atomic E-state index is 0.542. The minimum atomic E-state index is 0.542. The van der Waals surface area contributed by atoms with Gasteiger partial charge in [-0.2, -0.15) is 0 Å². The molecule has 2 N–H and O–H groups in total. The van der Waals surface area contributed by atoms with Crippen LogP contribution < -0.4 is 10.5 Å². The van der Waals surface area contributed by atoms with Crippen LogP contribution in [-0.2, 0) is 6.42 Å². The van der Waals surface area contributed by atoms with E-state index in [4.69, 9.17) is 22.1 Å². The van der Waals surface area contributed by atoms with Crippen molar-refractivity contribution in [3.63, 3.8) is 0 Å². The van der Waals surface area contributed by atoms with E-state index in [0.29, 0.717) is 16.5 Å². The van der Waals surface area contributed by atoms with E-state index in [2.05, 4.69) is 19.1 Å². The van der Waals surface area contributed by atoms with Gasteiger partial charge in [0.1, 0.15) is 11.5 Å². The molecule has 0 saturated heterocycles. The molecule has 0 aliphatic heterocycles. The number of aryl methyl sites for hydroxylation is 1. The van der Waals surface area contributed by atoms with Gasteiger partial charge in [0.2, 0.25) is 0 Å². The van der Waals surface area contributed by atoms with Crippen molar-refractivity contribution in [2.45, 2.75) is 19.8 Å². The highest BCUT2D eigenvalue weighted by atomic mass is 35.5. The van der Waals surface area contributed by atoms with Crippen molar-refractivity contribution in [3.05, 3.63) is 53.1 Å². The van der Waals surface area contributed by atoms with Crippen LogP contribution >= 0.6 is 11.6 Å². The molecule has 3 heteroatoms. The number of anilines is 1. The monoisotopic (exact) mass is 261 g/mol. The molecule has 0 fully saturated rings. The van der Waals surface area contributed by atoms with Crippen LogP contribution in [-0.4, -0.2) is 0 Å². The summed E-state index contributed by atoms with van der Waals surface area (Å²) in [6, 6.07) is 13.3. The van der Waals surface area contributed by atoms with E-state index in [0.717, 1.165) is 18.6 Å². The zero-order chi connectivity index (χ0) is 13.0. The van der Waals surface area contributed by atoms with E-state index in [9.17, 15) is 0 Å². The SMILES string of the molecule is CCCc1ccc(Oc2ccc(Cl)cc2N)cc1. The third kappa shape index (κ3) is 3.17. The first-order valence-electron chi connectivity index (χ1n) is 6.01. The molecule has 0 spiro atoms. The summed E-state index contributed by atoms with van der Waals surface area (Å²) in [5.41, 5.74) is 7.69. The van der Waals surface area contributed by atoms with E-state index >= 15 is 0 Å². The molecular weight excluding hydrogens is 246 g/mol. The lowest BCUT2D eigenvalue weighted by molar-refractivity contribution is 0.485. The van der Waals surface area contributed by atoms with Crippen LogP contribution in [0.15, 0.2) is 42.5 Å². The summed E-state index contributed by atoms with van der Waals surface area (Å²) in [6.45, 7) is 2.17. The van der Waals surface area contributed by atoms with Crippen LogP contribution in [0.25, 0.3) is 0 Å². The summed E-state index contributed by atoms with van der Waals surface area (Å²) in [5, 5.41) is 0.609. The first-order valence-corrected chi connectivity index (χ1v) is 6.38. The van der Waals surface area contributed by atoms with Crippen LogP contribution in [0.1, 0.15) is 18.9 Å². The van der Waals surface area contributed by atoms with Crippen LogP contribution in [0.3, 0.4) is 0 Å². The number of nitrogen functional groups attached to an aromatic ring is 1. The Morgan fingerprint density at radius 3 is 2.44 bits per heavy atom. The molecule has 2 nitrogen and oxygen atoms in total. The summed E-state index contributed by atoms with van der Waals surface area (Å²) < 4.78 is 5.71. The quantitative estimate of drug-likeness (QED) is 0.812. The van der Waals surface area contributed by atoms with Crippen molar-refractivity contribution < 1.29 is 4.74 Å². The molecule has 0 unspecified atom stereocenters. The number of nitrogens with two attached hydrogens (primary N) is 1. The minimum Gasteiger partial charge on any atom is -0.455 e. The van der Waals surface area contributed by atoms with Crippen molar-refractivity contribution in [2.75, 3.05) is 5.73 Å². The zero-order valence-corrected chi connectivity index (χ0v) is 11.1. The Balaban J connectivity index is 2.13. The van der Waals surface area contributed by atoms with Crippen LogP contribution in [0.5, 0.6) is 11.5 Å². The Morgan fingerprint density at radius 2 is 1.83 bits per heavy atom. The summed E-state index contributed by atoms with van der Waals surface area (Å²) in [7, 11) is 0. The Labute approximate surface area is 112 Å². The summed E-state index contributed by atoms with van der Waals surface area (Å²) in [6.07, 6.45) is 2.23. The fraction of sp³-hybridized carbons (Fsp3) is 0.200. The molecule has 0 amide bonds. The zero-order valence-electron chi connectivity index (χ0n) is 10.3. The molecule has 0 radical (unpaired) electrons. The second-order valence-electron chi connectivity index (χ2n) is 4.18. The van der Waals surface area contributed by atoms with Gasteiger partial charge in [-0.25, -0.2) is 0 Å². The molecule has 0 aliphatic rings. The maximum absolute atomic E-state index is 5.84. The highest BCUT2D eigenvalue weighted by Crippen LogP contribution is 2.29. The molecule has 2 rings (SSSR count). The second kappa shape index (κ2) is 5.78. The van der Waals surface area contributed by atoms with Gasteiger partial charge in [0.05, 0.1) is 5.69 Å². The first-order chi connectivity index (χ1) is 8.69. The fourth-order valence-corrected chi connectivity index (χ4v) is 1.93. The summed E-state index contributed by atoms with van der Waals surface area (Å²) in [4.78, 5) is 0. The van der Waals surface area contributed by atoms with E-state index < -0.39 is 0 Å². The Morgan fingerprint density at radius 1 is 1.11 bits per heavy atom.